The van der Waals surface area contributed by atoms with E-state index in [-0.39, 0.29) is 12.5 Å². The number of carbonyl (C=O) groups is 1. The molecule has 1 amide bonds. The number of ether oxygens (including phenoxy) is 4. The Morgan fingerprint density at radius 3 is 1.00 bits per heavy atom. The first-order valence-corrected chi connectivity index (χ1v) is 36.8. The molecule has 0 aliphatic carbocycles. The zero-order valence-electron chi connectivity index (χ0n) is 55.1. The number of rotatable bonds is 62. The minimum absolute atomic E-state index is 0.196. The monoisotopic (exact) mass is 1210 g/mol. The van der Waals surface area contributed by atoms with Crippen LogP contribution in [0.25, 0.3) is 0 Å². The zero-order valence-corrected chi connectivity index (χ0v) is 55.1. The highest BCUT2D eigenvalue weighted by Crippen LogP contribution is 2.30. The Balaban J connectivity index is 1.64. The van der Waals surface area contributed by atoms with E-state index in [1.165, 1.54) is 276 Å². The van der Waals surface area contributed by atoms with Crippen molar-refractivity contribution in [2.45, 2.75) is 428 Å². The molecule has 9 N–H and O–H groups in total. The topological polar surface area (TPSA) is 228 Å². The maximum atomic E-state index is 13.4. The summed E-state index contributed by atoms with van der Waals surface area (Å²) in [6.45, 7) is 2.94. The van der Waals surface area contributed by atoms with Gasteiger partial charge in [-0.05, 0) is 12.8 Å². The second-order valence-electron chi connectivity index (χ2n) is 26.4. The lowest BCUT2D eigenvalue weighted by Gasteiger charge is -2.46. The summed E-state index contributed by atoms with van der Waals surface area (Å²) in [6.07, 6.45) is 51.3. The Hall–Kier alpha value is -1.01. The van der Waals surface area contributed by atoms with Gasteiger partial charge >= 0.3 is 0 Å². The van der Waals surface area contributed by atoms with E-state index < -0.39 is 86.8 Å². The molecule has 85 heavy (non-hydrogen) atoms. The molecular formula is C71H139NO13. The van der Waals surface area contributed by atoms with Crippen LogP contribution in [0, 0.1) is 0 Å². The fourth-order valence-corrected chi connectivity index (χ4v) is 12.7. The van der Waals surface area contributed by atoms with Gasteiger partial charge in [-0.1, -0.05) is 335 Å². The molecule has 0 bridgehead atoms. The lowest BCUT2D eigenvalue weighted by atomic mass is 9.97. The van der Waals surface area contributed by atoms with Crippen LogP contribution in [0.15, 0.2) is 0 Å². The van der Waals surface area contributed by atoms with Gasteiger partial charge in [0.05, 0.1) is 32.0 Å². The van der Waals surface area contributed by atoms with E-state index in [0.717, 1.165) is 51.4 Å². The Kier molecular flexibility index (Phi) is 53.6. The Morgan fingerprint density at radius 1 is 0.376 bits per heavy atom. The van der Waals surface area contributed by atoms with Crippen LogP contribution in [0.5, 0.6) is 0 Å². The smallest absolute Gasteiger partial charge is 0.220 e. The predicted octanol–water partition coefficient (Wildman–Crippen LogP) is 15.2. The molecule has 0 radical (unpaired) electrons. The third kappa shape index (κ3) is 41.2. The van der Waals surface area contributed by atoms with Gasteiger partial charge in [-0.2, -0.15) is 0 Å². The first kappa shape index (κ1) is 80.1. The van der Waals surface area contributed by atoms with E-state index in [1.54, 1.807) is 0 Å². The number of unbranched alkanes of at least 4 members (excludes halogenated alkanes) is 49. The van der Waals surface area contributed by atoms with Crippen LogP contribution in [0.2, 0.25) is 0 Å². The van der Waals surface area contributed by atoms with Gasteiger partial charge in [0.15, 0.2) is 12.6 Å². The zero-order chi connectivity index (χ0) is 61.6. The molecule has 2 fully saturated rings. The van der Waals surface area contributed by atoms with Crippen molar-refractivity contribution in [1.82, 2.24) is 5.32 Å². The second kappa shape index (κ2) is 56.9. The van der Waals surface area contributed by atoms with Crippen LogP contribution in [0.1, 0.15) is 354 Å². The van der Waals surface area contributed by atoms with E-state index >= 15 is 0 Å². The number of nitrogens with one attached hydrogen (secondary N) is 1. The van der Waals surface area contributed by atoms with Gasteiger partial charge in [0, 0.05) is 6.42 Å². The molecule has 14 heteroatoms. The SMILES string of the molecule is CCCCCCCCCCCCCCCCCCCCCCCCCCCCCCC(=O)NC(COC1OC(CO)C(OC2OC(CO)C(O)C(O)C2O)C(O)C1O)C(O)CCCCCCCCCCCCCCCCCCCCCCCCC. The average Bonchev–Trinajstić information content (AvgIpc) is 3.69. The first-order chi connectivity index (χ1) is 41.6. The predicted molar refractivity (Wildman–Crippen MR) is 346 cm³/mol. The van der Waals surface area contributed by atoms with Crippen molar-refractivity contribution in [2.75, 3.05) is 19.8 Å². The maximum Gasteiger partial charge on any atom is 0.220 e. The Morgan fingerprint density at radius 2 is 0.671 bits per heavy atom. The molecule has 0 aromatic carbocycles. The molecule has 2 rings (SSSR count). The van der Waals surface area contributed by atoms with Crippen LogP contribution in [0.4, 0.5) is 0 Å². The summed E-state index contributed by atoms with van der Waals surface area (Å²) in [4.78, 5) is 13.4. The van der Waals surface area contributed by atoms with Crippen molar-refractivity contribution >= 4 is 5.91 Å². The number of hydrogen-bond donors (Lipinski definition) is 9. The molecule has 0 aromatic rings. The van der Waals surface area contributed by atoms with Gasteiger partial charge in [0.25, 0.3) is 0 Å². The van der Waals surface area contributed by atoms with Crippen LogP contribution in [0.3, 0.4) is 0 Å². The second-order valence-corrected chi connectivity index (χ2v) is 26.4. The Bertz CT molecular complexity index is 1430. The standard InChI is InChI=1S/C71H139NO13/c1-3-5-7-9-11-13-15-17-19-21-23-25-27-28-29-30-31-33-35-37-39-41-43-45-47-49-51-53-55-63(76)72-59(58-82-70-68(81)66(79)69(62(57-74)84-70)85-71-67(80)65(78)64(77)61(56-73)83-71)60(75)54-52-50-48-46-44-42-40-38-36-34-32-26-24-22-20-18-16-14-12-10-8-6-4-2/h59-62,64-71,73-75,77-81H,3-58H2,1-2H3,(H,72,76). The van der Waals surface area contributed by atoms with Crippen molar-refractivity contribution in [3.8, 4) is 0 Å². The van der Waals surface area contributed by atoms with Crippen LogP contribution in [-0.4, -0.2) is 140 Å². The van der Waals surface area contributed by atoms with Crippen molar-refractivity contribution in [3.63, 3.8) is 0 Å². The molecule has 2 saturated heterocycles. The van der Waals surface area contributed by atoms with Gasteiger partial charge in [-0.25, -0.2) is 0 Å². The molecule has 2 aliphatic rings. The molecular weight excluding hydrogens is 1070 g/mol. The van der Waals surface area contributed by atoms with Crippen LogP contribution in [-0.2, 0) is 23.7 Å². The number of amides is 1. The number of aliphatic hydroxyl groups is 8. The fraction of sp³-hybridized carbons (Fsp3) is 0.986. The largest absolute Gasteiger partial charge is 0.394 e. The molecule has 506 valence electrons. The average molecular weight is 1210 g/mol. The molecule has 12 unspecified atom stereocenters. The summed E-state index contributed by atoms with van der Waals surface area (Å²) >= 11 is 0. The highest BCUT2D eigenvalue weighted by molar-refractivity contribution is 5.76. The van der Waals surface area contributed by atoms with E-state index in [9.17, 15) is 45.6 Å². The molecule has 0 aromatic heterocycles. The lowest BCUT2D eigenvalue weighted by molar-refractivity contribution is -0.359. The normalized spacial score (nSPS) is 23.4. The third-order valence-electron chi connectivity index (χ3n) is 18.6. The summed E-state index contributed by atoms with van der Waals surface area (Å²) in [6, 6.07) is -0.824. The third-order valence-corrected chi connectivity index (χ3v) is 18.6. The summed E-state index contributed by atoms with van der Waals surface area (Å²) in [5, 5.41) is 87.7. The van der Waals surface area contributed by atoms with Gasteiger partial charge in [0.1, 0.15) is 48.8 Å². The Labute approximate surface area is 521 Å². The van der Waals surface area contributed by atoms with Crippen LogP contribution < -0.4 is 5.32 Å². The van der Waals surface area contributed by atoms with Crippen molar-refractivity contribution in [1.29, 1.82) is 0 Å². The highest BCUT2D eigenvalue weighted by atomic mass is 16.7. The van der Waals surface area contributed by atoms with Crippen LogP contribution >= 0.6 is 0 Å². The van der Waals surface area contributed by atoms with E-state index in [4.69, 9.17) is 18.9 Å². The lowest BCUT2D eigenvalue weighted by Crippen LogP contribution is -2.65. The molecule has 0 saturated carbocycles. The minimum Gasteiger partial charge on any atom is -0.394 e. The number of carbonyl (C=O) groups excluding carboxylic acids is 1. The summed E-state index contributed by atoms with van der Waals surface area (Å²) < 4.78 is 22.9. The quantitative estimate of drug-likeness (QED) is 0.0259. The van der Waals surface area contributed by atoms with Gasteiger partial charge < -0.3 is 65.1 Å². The van der Waals surface area contributed by atoms with Gasteiger partial charge in [-0.3, -0.25) is 4.79 Å². The van der Waals surface area contributed by atoms with E-state index in [1.807, 2.05) is 0 Å². The fourth-order valence-electron chi connectivity index (χ4n) is 12.7. The summed E-state index contributed by atoms with van der Waals surface area (Å²) in [7, 11) is 0. The van der Waals surface area contributed by atoms with Crippen molar-refractivity contribution in [3.05, 3.63) is 0 Å². The molecule has 0 spiro atoms. The number of aliphatic hydroxyl groups excluding tert-OH is 8. The van der Waals surface area contributed by atoms with E-state index in [2.05, 4.69) is 19.2 Å². The number of hydrogen-bond acceptors (Lipinski definition) is 13. The molecule has 12 atom stereocenters. The maximum absolute atomic E-state index is 13.4. The van der Waals surface area contributed by atoms with E-state index in [0.29, 0.717) is 12.8 Å². The highest BCUT2D eigenvalue weighted by Gasteiger charge is 2.51. The van der Waals surface area contributed by atoms with Crippen molar-refractivity contribution in [2.24, 2.45) is 0 Å². The first-order valence-electron chi connectivity index (χ1n) is 36.8. The molecule has 14 nitrogen and oxygen atoms in total. The molecule has 2 aliphatic heterocycles. The van der Waals surface area contributed by atoms with Crippen molar-refractivity contribution < 1.29 is 64.6 Å². The van der Waals surface area contributed by atoms with Gasteiger partial charge in [0.2, 0.25) is 5.91 Å². The molecule has 2 heterocycles. The summed E-state index contributed by atoms with van der Waals surface area (Å²) in [5.41, 5.74) is 0. The minimum atomic E-state index is -1.78. The summed E-state index contributed by atoms with van der Waals surface area (Å²) in [5.74, 6) is -0.196. The van der Waals surface area contributed by atoms with Gasteiger partial charge in [-0.15, -0.1) is 0 Å².